The van der Waals surface area contributed by atoms with Gasteiger partial charge in [0, 0.05) is 52.3 Å². The molecule has 3 saturated heterocycles. The lowest BCUT2D eigenvalue weighted by Gasteiger charge is -2.34. The lowest BCUT2D eigenvalue weighted by atomic mass is 10.0. The molecule has 9 nitrogen and oxygen atoms in total. The number of carbonyl (C=O) groups excluding carboxylic acids is 4. The highest BCUT2D eigenvalue weighted by Crippen LogP contribution is 2.41. The molecule has 0 aromatic carbocycles. The minimum Gasteiger partial charge on any atom is -0.463 e. The summed E-state index contributed by atoms with van der Waals surface area (Å²) in [6.45, 7) is 4.24. The third-order valence-electron chi connectivity index (χ3n) is 7.95. The molecule has 3 atom stereocenters. The number of amides is 1. The maximum Gasteiger partial charge on any atom is 0.408 e. The smallest absolute Gasteiger partial charge is 0.408 e. The first-order valence-electron chi connectivity index (χ1n) is 17.3. The van der Waals surface area contributed by atoms with E-state index in [1.807, 2.05) is 64.8 Å². The third-order valence-corrected chi connectivity index (χ3v) is 17.0. The summed E-state index contributed by atoms with van der Waals surface area (Å²) in [5.41, 5.74) is -2.31. The minimum absolute atomic E-state index is 0.238. The number of carbonyl (C=O) groups is 4. The van der Waals surface area contributed by atoms with Crippen LogP contribution in [0.5, 0.6) is 0 Å². The average Bonchev–Trinajstić information content (AvgIpc) is 3.84. The van der Waals surface area contributed by atoms with Gasteiger partial charge in [0.25, 0.3) is 0 Å². The molecule has 3 aliphatic heterocycles. The van der Waals surface area contributed by atoms with E-state index < -0.39 is 35.1 Å². The van der Waals surface area contributed by atoms with Crippen molar-refractivity contribution in [2.45, 2.75) is 144 Å². The van der Waals surface area contributed by atoms with Crippen LogP contribution < -0.4 is 5.32 Å². The Labute approximate surface area is 311 Å². The van der Waals surface area contributed by atoms with Gasteiger partial charge in [-0.05, 0) is 78.6 Å². The Morgan fingerprint density at radius 2 is 0.938 bits per heavy atom. The van der Waals surface area contributed by atoms with E-state index in [1.165, 1.54) is 36.5 Å². The second-order valence-corrected chi connectivity index (χ2v) is 22.0. The molecular formula is C33H55NO8S6. The highest BCUT2D eigenvalue weighted by Gasteiger charge is 2.39. The van der Waals surface area contributed by atoms with Gasteiger partial charge in [-0.2, -0.15) is 0 Å². The number of hydrogen-bond acceptors (Lipinski definition) is 14. The second-order valence-electron chi connectivity index (χ2n) is 13.6. The Hall–Kier alpha value is -0.220. The lowest BCUT2D eigenvalue weighted by Crippen LogP contribution is -2.60. The maximum atomic E-state index is 13.1. The van der Waals surface area contributed by atoms with Crippen molar-refractivity contribution < 1.29 is 38.1 Å². The van der Waals surface area contributed by atoms with E-state index in [9.17, 15) is 19.2 Å². The second kappa shape index (κ2) is 23.4. The molecule has 15 heteroatoms. The molecule has 48 heavy (non-hydrogen) atoms. The van der Waals surface area contributed by atoms with E-state index in [2.05, 4.69) is 5.32 Å². The number of alkyl carbamates (subject to hydrolysis) is 1. The summed E-state index contributed by atoms with van der Waals surface area (Å²) >= 11 is 0. The molecule has 0 aliphatic carbocycles. The molecule has 0 saturated carbocycles. The van der Waals surface area contributed by atoms with Gasteiger partial charge in [0.2, 0.25) is 0 Å². The molecule has 276 valence electrons. The highest BCUT2D eigenvalue weighted by molar-refractivity contribution is 8.78. The molecule has 3 fully saturated rings. The standard InChI is InChI=1S/C33H55NO8S6/c1-32(2,3)42-31(38)34-33(22-39-28(35)13-7-4-10-25-16-19-43-46-25,23-40-29(36)14-8-5-11-26-17-20-44-47-26)24-41-30(37)15-9-6-12-27-18-21-45-48-27/h25-27H,4-24H2,1-3H3,(H,34,38). The van der Waals surface area contributed by atoms with Gasteiger partial charge in [0.05, 0.1) is 0 Å². The van der Waals surface area contributed by atoms with E-state index in [4.69, 9.17) is 18.9 Å². The topological polar surface area (TPSA) is 117 Å². The Kier molecular flexibility index (Phi) is 20.5. The summed E-state index contributed by atoms with van der Waals surface area (Å²) in [4.78, 5) is 51.6. The van der Waals surface area contributed by atoms with Gasteiger partial charge in [0.1, 0.15) is 31.0 Å². The highest BCUT2D eigenvalue weighted by atomic mass is 33.1. The van der Waals surface area contributed by atoms with Gasteiger partial charge in [-0.3, -0.25) is 14.4 Å². The number of rotatable bonds is 22. The first-order chi connectivity index (χ1) is 23.0. The Morgan fingerprint density at radius 3 is 1.23 bits per heavy atom. The molecule has 1 N–H and O–H groups in total. The number of nitrogens with one attached hydrogen (secondary N) is 1. The fourth-order valence-electron chi connectivity index (χ4n) is 5.24. The molecular weight excluding hydrogens is 731 g/mol. The molecule has 3 aliphatic rings. The largest absolute Gasteiger partial charge is 0.463 e. The van der Waals surface area contributed by atoms with Crippen molar-refractivity contribution in [2.75, 3.05) is 37.1 Å². The normalized spacial score (nSPS) is 22.2. The van der Waals surface area contributed by atoms with E-state index in [0.29, 0.717) is 35.0 Å². The molecule has 0 aromatic heterocycles. The van der Waals surface area contributed by atoms with Crippen LogP contribution in [-0.4, -0.2) is 88.0 Å². The van der Waals surface area contributed by atoms with Crippen LogP contribution in [0.1, 0.15) is 117 Å². The zero-order valence-corrected chi connectivity index (χ0v) is 33.7. The quantitative estimate of drug-likeness (QED) is 0.0487. The van der Waals surface area contributed by atoms with Crippen LogP contribution in [-0.2, 0) is 33.3 Å². The summed E-state index contributed by atoms with van der Waals surface area (Å²) in [6.07, 6.45) is 11.6. The van der Waals surface area contributed by atoms with Crippen molar-refractivity contribution >= 4 is 88.8 Å². The van der Waals surface area contributed by atoms with Crippen LogP contribution in [0.3, 0.4) is 0 Å². The summed E-state index contributed by atoms with van der Waals surface area (Å²) in [6, 6.07) is 0. The predicted molar refractivity (Wildman–Crippen MR) is 206 cm³/mol. The van der Waals surface area contributed by atoms with E-state index in [0.717, 1.165) is 38.5 Å². The van der Waals surface area contributed by atoms with Crippen molar-refractivity contribution in [1.29, 1.82) is 0 Å². The van der Waals surface area contributed by atoms with Crippen molar-refractivity contribution in [3.8, 4) is 0 Å². The van der Waals surface area contributed by atoms with Crippen LogP contribution in [0, 0.1) is 0 Å². The lowest BCUT2D eigenvalue weighted by molar-refractivity contribution is -0.157. The van der Waals surface area contributed by atoms with E-state index in [1.54, 1.807) is 20.8 Å². The zero-order valence-electron chi connectivity index (χ0n) is 28.8. The van der Waals surface area contributed by atoms with Crippen molar-refractivity contribution in [3.05, 3.63) is 0 Å². The van der Waals surface area contributed by atoms with Crippen molar-refractivity contribution in [3.63, 3.8) is 0 Å². The van der Waals surface area contributed by atoms with Crippen LogP contribution in [0.15, 0.2) is 0 Å². The van der Waals surface area contributed by atoms with Crippen molar-refractivity contribution in [1.82, 2.24) is 5.32 Å². The predicted octanol–water partition coefficient (Wildman–Crippen LogP) is 9.02. The molecule has 0 aromatic rings. The molecule has 3 heterocycles. The van der Waals surface area contributed by atoms with Gasteiger partial charge in [-0.1, -0.05) is 84.0 Å². The summed E-state index contributed by atoms with van der Waals surface area (Å²) in [5, 5.41) is 4.68. The van der Waals surface area contributed by atoms with Gasteiger partial charge < -0.3 is 24.3 Å². The summed E-state index contributed by atoms with van der Waals surface area (Å²) < 4.78 is 22.5. The Morgan fingerprint density at radius 1 is 0.583 bits per heavy atom. The minimum atomic E-state index is -1.50. The van der Waals surface area contributed by atoms with Gasteiger partial charge in [0.15, 0.2) is 0 Å². The first kappa shape index (κ1) is 42.2. The fourth-order valence-corrected chi connectivity index (χ4v) is 14.3. The molecule has 0 bridgehead atoms. The fraction of sp³-hybridized carbons (Fsp3) is 0.879. The Bertz CT molecular complexity index is 884. The van der Waals surface area contributed by atoms with Gasteiger partial charge >= 0.3 is 24.0 Å². The van der Waals surface area contributed by atoms with Crippen LogP contribution >= 0.6 is 64.8 Å². The summed E-state index contributed by atoms with van der Waals surface area (Å²) in [7, 11) is 11.5. The monoisotopic (exact) mass is 785 g/mol. The van der Waals surface area contributed by atoms with Crippen LogP contribution in [0.25, 0.3) is 0 Å². The third kappa shape index (κ3) is 18.9. The number of esters is 3. The van der Waals surface area contributed by atoms with Gasteiger partial charge in [-0.25, -0.2) is 4.79 Å². The first-order valence-corrected chi connectivity index (χ1v) is 24.5. The Balaban J connectivity index is 1.57. The maximum absolute atomic E-state index is 13.1. The van der Waals surface area contributed by atoms with E-state index >= 15 is 0 Å². The molecule has 0 spiro atoms. The SMILES string of the molecule is CC(C)(C)OC(=O)NC(COC(=O)CCCCC1CCSS1)(COC(=O)CCCCC1CCSS1)COC(=O)CCCCC1CCSS1. The number of hydrogen-bond donors (Lipinski definition) is 1. The average molecular weight is 786 g/mol. The molecule has 0 radical (unpaired) electrons. The zero-order chi connectivity index (χ0) is 34.7. The summed E-state index contributed by atoms with van der Waals surface area (Å²) in [5.74, 6) is 2.29. The molecule has 3 unspecified atom stereocenters. The molecule has 1 amide bonds. The van der Waals surface area contributed by atoms with Crippen LogP contribution in [0.2, 0.25) is 0 Å². The van der Waals surface area contributed by atoms with Crippen LogP contribution in [0.4, 0.5) is 4.79 Å². The van der Waals surface area contributed by atoms with Crippen molar-refractivity contribution in [2.24, 2.45) is 0 Å². The molecule has 3 rings (SSSR count). The number of unbranched alkanes of at least 4 members (excludes halogenated alkanes) is 3. The van der Waals surface area contributed by atoms with Gasteiger partial charge in [-0.15, -0.1) is 0 Å². The number of ether oxygens (including phenoxy) is 4. The van der Waals surface area contributed by atoms with E-state index in [-0.39, 0.29) is 39.1 Å².